The van der Waals surface area contributed by atoms with E-state index in [2.05, 4.69) is 15.6 Å². The Bertz CT molecular complexity index is 581. The van der Waals surface area contributed by atoms with Crippen LogP contribution in [0.5, 0.6) is 11.5 Å². The number of hydrogen-bond donors (Lipinski definition) is 2. The van der Waals surface area contributed by atoms with Crippen molar-refractivity contribution < 1.29 is 18.9 Å². The molecule has 0 aromatic heterocycles. The van der Waals surface area contributed by atoms with Crippen molar-refractivity contribution in [1.82, 2.24) is 10.6 Å². The van der Waals surface area contributed by atoms with Gasteiger partial charge < -0.3 is 29.6 Å². The Balaban J connectivity index is 0.00000392. The van der Waals surface area contributed by atoms with Crippen LogP contribution < -0.4 is 20.1 Å². The van der Waals surface area contributed by atoms with Crippen LogP contribution in [0.15, 0.2) is 23.2 Å². The maximum Gasteiger partial charge on any atom is 0.191 e. The van der Waals surface area contributed by atoms with Crippen LogP contribution >= 0.6 is 24.0 Å². The zero-order valence-electron chi connectivity index (χ0n) is 17.2. The van der Waals surface area contributed by atoms with Gasteiger partial charge in [-0.1, -0.05) is 12.1 Å². The van der Waals surface area contributed by atoms with Gasteiger partial charge in [0.15, 0.2) is 17.5 Å². The fraction of sp³-hybridized carbons (Fsp3) is 0.650. The van der Waals surface area contributed by atoms with Gasteiger partial charge in [-0.05, 0) is 32.3 Å². The molecule has 160 valence electrons. The van der Waals surface area contributed by atoms with E-state index in [-0.39, 0.29) is 30.1 Å². The standard InChI is InChI=1S/C20H33N3O4.HI/c1-4-21-20(22-11-7-12-26-15-17-9-6-13-27-17)23-14-16-8-5-10-18(24-2)19(16)25-3;/h5,8,10,17H,4,6-7,9,11-15H2,1-3H3,(H2,21,22,23);1H. The van der Waals surface area contributed by atoms with Crippen LogP contribution in [0.3, 0.4) is 0 Å². The third-order valence-electron chi connectivity index (χ3n) is 4.32. The molecular weight excluding hydrogens is 473 g/mol. The second kappa shape index (κ2) is 14.7. The number of hydrogen-bond acceptors (Lipinski definition) is 5. The highest BCUT2D eigenvalue weighted by Crippen LogP contribution is 2.30. The van der Waals surface area contributed by atoms with Gasteiger partial charge in [-0.25, -0.2) is 4.99 Å². The predicted octanol–water partition coefficient (Wildman–Crippen LogP) is 2.96. The Morgan fingerprint density at radius 3 is 2.79 bits per heavy atom. The predicted molar refractivity (Wildman–Crippen MR) is 122 cm³/mol. The van der Waals surface area contributed by atoms with Crippen molar-refractivity contribution in [1.29, 1.82) is 0 Å². The van der Waals surface area contributed by atoms with E-state index in [1.807, 2.05) is 25.1 Å². The molecule has 1 aliphatic rings. The molecule has 0 saturated carbocycles. The number of aliphatic imine (C=N–C) groups is 1. The molecule has 1 saturated heterocycles. The molecule has 8 heteroatoms. The summed E-state index contributed by atoms with van der Waals surface area (Å²) in [7, 11) is 3.28. The van der Waals surface area contributed by atoms with Crippen LogP contribution in [0, 0.1) is 0 Å². The summed E-state index contributed by atoms with van der Waals surface area (Å²) in [5.41, 5.74) is 0.981. The second-order valence-corrected chi connectivity index (χ2v) is 6.34. The normalized spacial score (nSPS) is 16.4. The van der Waals surface area contributed by atoms with Gasteiger partial charge in [-0.3, -0.25) is 0 Å². The van der Waals surface area contributed by atoms with Crippen LogP contribution in [0.4, 0.5) is 0 Å². The number of benzene rings is 1. The third-order valence-corrected chi connectivity index (χ3v) is 4.32. The minimum absolute atomic E-state index is 0. The lowest BCUT2D eigenvalue weighted by molar-refractivity contribution is 0.0168. The van der Waals surface area contributed by atoms with Gasteiger partial charge in [-0.2, -0.15) is 0 Å². The number of nitrogens with one attached hydrogen (secondary N) is 2. The fourth-order valence-corrected chi connectivity index (χ4v) is 2.96. The number of nitrogens with zero attached hydrogens (tertiary/aromatic N) is 1. The Labute approximate surface area is 185 Å². The van der Waals surface area contributed by atoms with Crippen molar-refractivity contribution in [2.75, 3.05) is 47.1 Å². The molecule has 2 rings (SSSR count). The number of ether oxygens (including phenoxy) is 4. The summed E-state index contributed by atoms with van der Waals surface area (Å²) < 4.78 is 22.0. The van der Waals surface area contributed by atoms with Gasteiger partial charge in [0.05, 0.1) is 33.5 Å². The van der Waals surface area contributed by atoms with Crippen LogP contribution in [0.1, 0.15) is 31.7 Å². The monoisotopic (exact) mass is 507 g/mol. The van der Waals surface area contributed by atoms with E-state index in [4.69, 9.17) is 18.9 Å². The lowest BCUT2D eigenvalue weighted by atomic mass is 10.2. The van der Waals surface area contributed by atoms with E-state index in [0.29, 0.717) is 18.9 Å². The van der Waals surface area contributed by atoms with Gasteiger partial charge in [0.25, 0.3) is 0 Å². The number of halogens is 1. The third kappa shape index (κ3) is 8.40. The number of guanidine groups is 1. The highest BCUT2D eigenvalue weighted by atomic mass is 127. The van der Waals surface area contributed by atoms with E-state index in [0.717, 1.165) is 62.8 Å². The summed E-state index contributed by atoms with van der Waals surface area (Å²) in [6.45, 7) is 6.44. The average molecular weight is 507 g/mol. The molecule has 28 heavy (non-hydrogen) atoms. The van der Waals surface area contributed by atoms with Gasteiger partial charge in [-0.15, -0.1) is 24.0 Å². The van der Waals surface area contributed by atoms with E-state index in [1.165, 1.54) is 0 Å². The van der Waals surface area contributed by atoms with Gasteiger partial charge >= 0.3 is 0 Å². The van der Waals surface area contributed by atoms with Crippen LogP contribution in [-0.2, 0) is 16.0 Å². The summed E-state index contributed by atoms with van der Waals surface area (Å²) in [5, 5.41) is 6.60. The molecule has 0 bridgehead atoms. The van der Waals surface area contributed by atoms with Gasteiger partial charge in [0.1, 0.15) is 0 Å². The maximum atomic E-state index is 5.69. The molecule has 1 aliphatic heterocycles. The zero-order chi connectivity index (χ0) is 19.3. The summed E-state index contributed by atoms with van der Waals surface area (Å²) in [6.07, 6.45) is 3.47. The molecule has 7 nitrogen and oxygen atoms in total. The van der Waals surface area contributed by atoms with E-state index < -0.39 is 0 Å². The second-order valence-electron chi connectivity index (χ2n) is 6.34. The highest BCUT2D eigenvalue weighted by Gasteiger charge is 2.15. The molecule has 0 aliphatic carbocycles. The summed E-state index contributed by atoms with van der Waals surface area (Å²) >= 11 is 0. The molecule has 1 aromatic carbocycles. The Morgan fingerprint density at radius 1 is 1.25 bits per heavy atom. The molecule has 1 heterocycles. The Kier molecular flexibility index (Phi) is 13.0. The first kappa shape index (κ1) is 24.8. The van der Waals surface area contributed by atoms with Crippen molar-refractivity contribution in [3.05, 3.63) is 23.8 Å². The lowest BCUT2D eigenvalue weighted by Crippen LogP contribution is -2.38. The van der Waals surface area contributed by atoms with E-state index in [9.17, 15) is 0 Å². The van der Waals surface area contributed by atoms with Crippen LogP contribution in [0.2, 0.25) is 0 Å². The summed E-state index contributed by atoms with van der Waals surface area (Å²) in [5.74, 6) is 2.22. The quantitative estimate of drug-likeness (QED) is 0.208. The minimum atomic E-state index is 0. The Hall–Kier alpha value is -1.26. The largest absolute Gasteiger partial charge is 0.493 e. The molecule has 0 spiro atoms. The number of methoxy groups -OCH3 is 2. The topological polar surface area (TPSA) is 73.3 Å². The maximum absolute atomic E-state index is 5.69. The molecule has 1 fully saturated rings. The first-order valence-corrected chi connectivity index (χ1v) is 9.69. The molecule has 2 N–H and O–H groups in total. The number of para-hydroxylation sites is 1. The number of rotatable bonds is 11. The summed E-state index contributed by atoms with van der Waals surface area (Å²) in [6, 6.07) is 5.82. The minimum Gasteiger partial charge on any atom is -0.493 e. The van der Waals surface area contributed by atoms with Gasteiger partial charge in [0, 0.05) is 31.9 Å². The first-order valence-electron chi connectivity index (χ1n) is 9.69. The Morgan fingerprint density at radius 2 is 2.11 bits per heavy atom. The smallest absolute Gasteiger partial charge is 0.191 e. The zero-order valence-corrected chi connectivity index (χ0v) is 19.5. The molecule has 0 radical (unpaired) electrons. The van der Waals surface area contributed by atoms with Crippen molar-refractivity contribution in [2.24, 2.45) is 4.99 Å². The van der Waals surface area contributed by atoms with Crippen molar-refractivity contribution >= 4 is 29.9 Å². The molecule has 0 amide bonds. The SMILES string of the molecule is CCNC(=NCc1cccc(OC)c1OC)NCCCOCC1CCCO1.I. The van der Waals surface area contributed by atoms with Crippen LogP contribution in [-0.4, -0.2) is 59.2 Å². The lowest BCUT2D eigenvalue weighted by Gasteiger charge is -2.14. The molecular formula is C20H34IN3O4. The van der Waals surface area contributed by atoms with Crippen molar-refractivity contribution in [3.63, 3.8) is 0 Å². The molecule has 1 aromatic rings. The summed E-state index contributed by atoms with van der Waals surface area (Å²) in [4.78, 5) is 4.65. The fourth-order valence-electron chi connectivity index (χ4n) is 2.96. The van der Waals surface area contributed by atoms with Crippen molar-refractivity contribution in [3.8, 4) is 11.5 Å². The van der Waals surface area contributed by atoms with Crippen LogP contribution in [0.25, 0.3) is 0 Å². The van der Waals surface area contributed by atoms with E-state index in [1.54, 1.807) is 14.2 Å². The van der Waals surface area contributed by atoms with Gasteiger partial charge in [0.2, 0.25) is 0 Å². The van der Waals surface area contributed by atoms with E-state index >= 15 is 0 Å². The highest BCUT2D eigenvalue weighted by molar-refractivity contribution is 14.0. The molecule has 1 unspecified atom stereocenters. The first-order chi connectivity index (χ1) is 13.3. The molecule has 1 atom stereocenters. The van der Waals surface area contributed by atoms with Crippen molar-refractivity contribution in [2.45, 2.75) is 38.8 Å². The average Bonchev–Trinajstić information content (AvgIpc) is 3.21.